The first-order chi connectivity index (χ1) is 16.7. The molecule has 1 aromatic heterocycles. The monoisotopic (exact) mass is 486 g/mol. The molecule has 1 aliphatic rings. The number of hydrogen-bond acceptors (Lipinski definition) is 4. The van der Waals surface area contributed by atoms with Crippen LogP contribution in [0.5, 0.6) is 5.75 Å². The fourth-order valence-corrected chi connectivity index (χ4v) is 4.77. The summed E-state index contributed by atoms with van der Waals surface area (Å²) in [5, 5.41) is 0. The van der Waals surface area contributed by atoms with Gasteiger partial charge in [-0.1, -0.05) is 18.2 Å². The van der Waals surface area contributed by atoms with E-state index in [0.29, 0.717) is 23.7 Å². The van der Waals surface area contributed by atoms with Crippen molar-refractivity contribution in [2.24, 2.45) is 5.92 Å². The zero-order valence-electron chi connectivity index (χ0n) is 20.0. The minimum atomic E-state index is -4.53. The summed E-state index contributed by atoms with van der Waals surface area (Å²) in [6.45, 7) is 0.798. The van der Waals surface area contributed by atoms with Gasteiger partial charge in [0.2, 0.25) is 5.91 Å². The Kier molecular flexibility index (Phi) is 7.21. The van der Waals surface area contributed by atoms with Crippen molar-refractivity contribution in [2.45, 2.75) is 24.9 Å². The van der Waals surface area contributed by atoms with Gasteiger partial charge in [0.1, 0.15) is 11.5 Å². The summed E-state index contributed by atoms with van der Waals surface area (Å²) in [5.41, 5.74) is 0.560. The molecular weight excluding hydrogens is 457 g/mol. The lowest BCUT2D eigenvalue weighted by molar-refractivity contribution is -0.138. The third-order valence-corrected chi connectivity index (χ3v) is 6.56. The number of likely N-dealkylation sites (N-methyl/N-ethyl adjacent to an activating group) is 1. The summed E-state index contributed by atoms with van der Waals surface area (Å²) in [7, 11) is 5.30. The van der Waals surface area contributed by atoms with Crippen LogP contribution >= 0.6 is 0 Å². The molecule has 2 atom stereocenters. The van der Waals surface area contributed by atoms with Crippen LogP contribution in [0.4, 0.5) is 18.9 Å². The number of nitrogens with zero attached hydrogens (tertiary/aromatic N) is 2. The maximum absolute atomic E-state index is 14.1. The number of ether oxygens (including phenoxy) is 1. The van der Waals surface area contributed by atoms with Crippen molar-refractivity contribution in [1.29, 1.82) is 0 Å². The van der Waals surface area contributed by atoms with E-state index in [4.69, 9.17) is 9.15 Å². The molecular formula is C27H29F3N2O3. The van der Waals surface area contributed by atoms with Gasteiger partial charge in [-0.25, -0.2) is 0 Å². The predicted molar refractivity (Wildman–Crippen MR) is 128 cm³/mol. The Labute approximate surface area is 203 Å². The van der Waals surface area contributed by atoms with Crippen LogP contribution in [0.3, 0.4) is 0 Å². The number of furan rings is 1. The number of fused-ring (bicyclic) bond motifs is 1. The van der Waals surface area contributed by atoms with Crippen LogP contribution in [0, 0.1) is 5.92 Å². The second-order valence-corrected chi connectivity index (χ2v) is 9.07. The first-order valence-electron chi connectivity index (χ1n) is 11.5. The number of carbonyl (C=O) groups is 1. The maximum atomic E-state index is 14.1. The van der Waals surface area contributed by atoms with Crippen LogP contribution in [0.15, 0.2) is 65.3 Å². The summed E-state index contributed by atoms with van der Waals surface area (Å²) in [4.78, 5) is 17.5. The van der Waals surface area contributed by atoms with E-state index in [9.17, 15) is 18.0 Å². The summed E-state index contributed by atoms with van der Waals surface area (Å²) >= 11 is 0. The first-order valence-corrected chi connectivity index (χ1v) is 11.5. The molecule has 8 heteroatoms. The second-order valence-electron chi connectivity index (χ2n) is 9.07. The van der Waals surface area contributed by atoms with Crippen molar-refractivity contribution in [3.05, 3.63) is 83.3 Å². The Balaban J connectivity index is 1.88. The van der Waals surface area contributed by atoms with E-state index >= 15 is 0 Å². The van der Waals surface area contributed by atoms with Crippen LogP contribution in [0.2, 0.25) is 0 Å². The molecule has 186 valence electrons. The fourth-order valence-electron chi connectivity index (χ4n) is 4.77. The van der Waals surface area contributed by atoms with Gasteiger partial charge in [0.05, 0.1) is 24.9 Å². The van der Waals surface area contributed by atoms with Crippen LogP contribution in [0.1, 0.15) is 28.4 Å². The van der Waals surface area contributed by atoms with Gasteiger partial charge in [0.15, 0.2) is 0 Å². The fraction of sp³-hybridized carbons (Fsp3) is 0.370. The van der Waals surface area contributed by atoms with Crippen LogP contribution < -0.4 is 9.64 Å². The number of rotatable bonds is 7. The SMILES string of the molecule is COc1ccc([C@@H]2Cc3c(cccc3C(F)(F)F)N(CCN(C)C)C(=O)[C@@H]2Cc2ccco2)cc1. The standard InChI is InChI=1S/C27H29F3N2O3/c1-31(2)13-14-32-25-8-4-7-24(27(28,29)30)23(25)17-21(18-9-11-19(34-3)12-10-18)22(26(32)33)16-20-6-5-15-35-20/h4-12,15,21-22H,13-14,16-17H2,1-3H3/t21-,22+/m0/s1. The number of hydrogen-bond donors (Lipinski definition) is 0. The van der Waals surface area contributed by atoms with Crippen LogP contribution in [-0.2, 0) is 23.8 Å². The number of amides is 1. The van der Waals surface area contributed by atoms with E-state index in [1.54, 1.807) is 43.7 Å². The molecule has 1 amide bonds. The molecule has 0 bridgehead atoms. The van der Waals surface area contributed by atoms with Gasteiger partial charge >= 0.3 is 6.18 Å². The number of methoxy groups -OCH3 is 1. The van der Waals surface area contributed by atoms with E-state index in [2.05, 4.69) is 0 Å². The van der Waals surface area contributed by atoms with Gasteiger partial charge in [0.25, 0.3) is 0 Å². The number of halogens is 3. The van der Waals surface area contributed by atoms with Crippen LogP contribution in [-0.4, -0.2) is 45.1 Å². The summed E-state index contributed by atoms with van der Waals surface area (Å²) < 4.78 is 53.2. The third kappa shape index (κ3) is 5.37. The van der Waals surface area contributed by atoms with Gasteiger partial charge in [-0.15, -0.1) is 0 Å². The van der Waals surface area contributed by atoms with E-state index in [1.165, 1.54) is 11.0 Å². The highest BCUT2D eigenvalue weighted by atomic mass is 19.4. The highest BCUT2D eigenvalue weighted by molar-refractivity contribution is 5.97. The summed E-state index contributed by atoms with van der Waals surface area (Å²) in [6, 6.07) is 14.9. The molecule has 1 aliphatic heterocycles. The molecule has 3 aromatic rings. The Bertz CT molecular complexity index is 1140. The number of alkyl halides is 3. The van der Waals surface area contributed by atoms with Crippen molar-refractivity contribution in [3.8, 4) is 5.75 Å². The second kappa shape index (κ2) is 10.2. The summed E-state index contributed by atoms with van der Waals surface area (Å²) in [5.74, 6) is -0.0332. The number of benzene rings is 2. The van der Waals surface area contributed by atoms with Crippen molar-refractivity contribution < 1.29 is 27.1 Å². The number of anilines is 1. The molecule has 0 saturated heterocycles. The average molecular weight is 487 g/mol. The lowest BCUT2D eigenvalue weighted by Crippen LogP contribution is -2.41. The van der Waals surface area contributed by atoms with Crippen LogP contribution in [0.25, 0.3) is 0 Å². The van der Waals surface area contributed by atoms with Gasteiger partial charge in [0, 0.05) is 31.1 Å². The Hall–Kier alpha value is -3.26. The Morgan fingerprint density at radius 2 is 1.83 bits per heavy atom. The Morgan fingerprint density at radius 1 is 1.09 bits per heavy atom. The zero-order valence-corrected chi connectivity index (χ0v) is 20.0. The van der Waals surface area contributed by atoms with Crippen molar-refractivity contribution in [3.63, 3.8) is 0 Å². The molecule has 0 radical (unpaired) electrons. The molecule has 35 heavy (non-hydrogen) atoms. The quantitative estimate of drug-likeness (QED) is 0.449. The van der Waals surface area contributed by atoms with Gasteiger partial charge in [-0.05, 0) is 68.0 Å². The third-order valence-electron chi connectivity index (χ3n) is 6.56. The maximum Gasteiger partial charge on any atom is 0.416 e. The van der Waals surface area contributed by atoms with Crippen molar-refractivity contribution >= 4 is 11.6 Å². The van der Waals surface area contributed by atoms with Gasteiger partial charge in [-0.3, -0.25) is 4.79 Å². The van der Waals surface area contributed by atoms with E-state index < -0.39 is 23.6 Å². The molecule has 0 spiro atoms. The molecule has 2 aromatic carbocycles. The highest BCUT2D eigenvalue weighted by Crippen LogP contribution is 2.44. The average Bonchev–Trinajstić information content (AvgIpc) is 3.30. The zero-order chi connectivity index (χ0) is 25.2. The highest BCUT2D eigenvalue weighted by Gasteiger charge is 2.42. The Morgan fingerprint density at radius 3 is 2.43 bits per heavy atom. The lowest BCUT2D eigenvalue weighted by Gasteiger charge is -2.29. The topological polar surface area (TPSA) is 45.9 Å². The molecule has 0 fully saturated rings. The minimum Gasteiger partial charge on any atom is -0.497 e. The van der Waals surface area contributed by atoms with E-state index in [0.717, 1.165) is 11.6 Å². The summed E-state index contributed by atoms with van der Waals surface area (Å²) in [6.07, 6.45) is -2.63. The first kappa shape index (κ1) is 24.9. The largest absolute Gasteiger partial charge is 0.497 e. The lowest BCUT2D eigenvalue weighted by atomic mass is 9.79. The van der Waals surface area contributed by atoms with Crippen molar-refractivity contribution in [2.75, 3.05) is 39.2 Å². The molecule has 0 unspecified atom stereocenters. The minimum absolute atomic E-state index is 0.0763. The van der Waals surface area contributed by atoms with Gasteiger partial charge < -0.3 is 19.0 Å². The van der Waals surface area contributed by atoms with Crippen molar-refractivity contribution in [1.82, 2.24) is 4.90 Å². The molecule has 4 rings (SSSR count). The normalized spacial score (nSPS) is 18.5. The molecule has 0 N–H and O–H groups in total. The molecule has 0 saturated carbocycles. The van der Waals surface area contributed by atoms with Gasteiger partial charge in [-0.2, -0.15) is 13.2 Å². The van der Waals surface area contributed by atoms with E-state index in [-0.39, 0.29) is 30.9 Å². The molecule has 2 heterocycles. The molecule has 0 aliphatic carbocycles. The number of carbonyl (C=O) groups excluding carboxylic acids is 1. The van der Waals surface area contributed by atoms with E-state index in [1.807, 2.05) is 31.1 Å². The molecule has 5 nitrogen and oxygen atoms in total. The predicted octanol–water partition coefficient (Wildman–Crippen LogP) is 5.40. The smallest absolute Gasteiger partial charge is 0.416 e.